The summed E-state index contributed by atoms with van der Waals surface area (Å²) in [5.74, 6) is 0.506. The van der Waals surface area contributed by atoms with Crippen molar-refractivity contribution in [3.05, 3.63) is 78.5 Å². The van der Waals surface area contributed by atoms with Crippen LogP contribution in [-0.4, -0.2) is 98.2 Å². The second-order valence-corrected chi connectivity index (χ2v) is 12.2. The van der Waals surface area contributed by atoms with Crippen molar-refractivity contribution in [1.82, 2.24) is 33.9 Å². The van der Waals surface area contributed by atoms with Crippen molar-refractivity contribution >= 4 is 28.1 Å². The van der Waals surface area contributed by atoms with Gasteiger partial charge in [-0.3, -0.25) is 23.7 Å². The maximum atomic E-state index is 13.5. The van der Waals surface area contributed by atoms with E-state index >= 15 is 0 Å². The number of aryl methyl sites for hydroxylation is 1. The van der Waals surface area contributed by atoms with Crippen LogP contribution in [0.2, 0.25) is 0 Å². The van der Waals surface area contributed by atoms with Gasteiger partial charge in [0.25, 0.3) is 5.91 Å². The van der Waals surface area contributed by atoms with E-state index in [1.807, 2.05) is 67.5 Å². The predicted octanol–water partition coefficient (Wildman–Crippen LogP) is 5.31. The summed E-state index contributed by atoms with van der Waals surface area (Å²) in [6.07, 6.45) is 7.50. The zero-order valence-corrected chi connectivity index (χ0v) is 27.0. The zero-order valence-electron chi connectivity index (χ0n) is 27.0. The second-order valence-electron chi connectivity index (χ2n) is 12.2. The summed E-state index contributed by atoms with van der Waals surface area (Å²) in [5.41, 5.74) is 4.54. The molecule has 1 aromatic carbocycles. The summed E-state index contributed by atoms with van der Waals surface area (Å²) in [7, 11) is 2.05. The lowest BCUT2D eigenvalue weighted by Crippen LogP contribution is -2.49. The summed E-state index contributed by atoms with van der Waals surface area (Å²) in [6.45, 7) is 21.4. The first-order valence-corrected chi connectivity index (χ1v) is 15.5. The number of amides is 1. The normalized spacial score (nSPS) is 14.8. The molecule has 3 aromatic heterocycles. The molecule has 1 amide bonds. The smallest absolute Gasteiger partial charge is 0.274 e. The van der Waals surface area contributed by atoms with Gasteiger partial charge in [0.15, 0.2) is 0 Å². The number of benzene rings is 1. The number of aromatic nitrogens is 4. The fourth-order valence-electron chi connectivity index (χ4n) is 5.49. The van der Waals surface area contributed by atoms with Gasteiger partial charge in [-0.25, -0.2) is 4.98 Å². The third-order valence-corrected chi connectivity index (χ3v) is 8.44. The first-order chi connectivity index (χ1) is 21.1. The third kappa shape index (κ3) is 7.14. The highest BCUT2D eigenvalue weighted by atomic mass is 16.5. The molecular formula is C34H48N8O2. The minimum atomic E-state index is -0.240. The van der Waals surface area contributed by atoms with Crippen LogP contribution in [0.1, 0.15) is 45.3 Å². The van der Waals surface area contributed by atoms with Crippen LogP contribution in [-0.2, 0) is 6.54 Å². The van der Waals surface area contributed by atoms with Gasteiger partial charge in [0.05, 0.1) is 29.6 Å². The fourth-order valence-corrected chi connectivity index (χ4v) is 5.49. The molecule has 10 heteroatoms. The number of fused-ring (bicyclic) bond motifs is 2. The summed E-state index contributed by atoms with van der Waals surface area (Å²) >= 11 is 0. The highest BCUT2D eigenvalue weighted by molar-refractivity contribution is 6.08. The van der Waals surface area contributed by atoms with Crippen molar-refractivity contribution in [3.8, 4) is 5.75 Å². The van der Waals surface area contributed by atoms with Crippen LogP contribution < -0.4 is 10.1 Å². The van der Waals surface area contributed by atoms with Gasteiger partial charge in [0.2, 0.25) is 0 Å². The molecule has 1 aliphatic rings. The largest absolute Gasteiger partial charge is 0.492 e. The standard InChI is InChI=1S/C34H46N8O2.H2/c1-24(2)38(7)13-11-26(5)23-42-30-10-8-9-29(33(30)27(6)37-42)36-34(43)31-22-35-32-21-28(12-14-41(31)32)44-20-19-39-15-17-40(18-16-39)25(3)4;/h8-14,21-22,24-25H,5,15-20,23H2,1-4,6-7H3,(H,36,43);1H/b13-11-;. The number of hydrogen-bond acceptors (Lipinski definition) is 7. The molecular weight excluding hydrogens is 552 g/mol. The topological polar surface area (TPSA) is 83.2 Å². The number of pyridine rings is 1. The highest BCUT2D eigenvalue weighted by Gasteiger charge is 2.19. The van der Waals surface area contributed by atoms with Gasteiger partial charge in [-0.2, -0.15) is 5.10 Å². The lowest BCUT2D eigenvalue weighted by Gasteiger charge is -2.36. The SMILES string of the molecule is C=C(/C=C\N(C)C(C)C)Cn1nc(C)c2c(NC(=O)c3cnc4cc(OCCN5CCN(C(C)C)CC5)ccn34)cccc21.[HH]. The molecule has 0 spiro atoms. The van der Waals surface area contributed by atoms with Gasteiger partial charge >= 0.3 is 0 Å². The van der Waals surface area contributed by atoms with Crippen LogP contribution in [0, 0.1) is 6.92 Å². The van der Waals surface area contributed by atoms with Gasteiger partial charge in [-0.1, -0.05) is 12.6 Å². The lowest BCUT2D eigenvalue weighted by molar-refractivity contribution is 0.0971. The Balaban J connectivity index is 0.00000461. The molecule has 0 atom stereocenters. The Morgan fingerprint density at radius 1 is 1.18 bits per heavy atom. The van der Waals surface area contributed by atoms with Crippen molar-refractivity contribution in [2.75, 3.05) is 51.7 Å². The molecule has 0 aliphatic carbocycles. The monoisotopic (exact) mass is 600 g/mol. The number of piperazine rings is 1. The van der Waals surface area contributed by atoms with Gasteiger partial charge in [-0.15, -0.1) is 0 Å². The number of imidazole rings is 1. The van der Waals surface area contributed by atoms with Crippen molar-refractivity contribution in [2.45, 2.75) is 53.2 Å². The Kier molecular flexibility index (Phi) is 9.71. The molecule has 10 nitrogen and oxygen atoms in total. The molecule has 0 saturated carbocycles. The maximum absolute atomic E-state index is 13.5. The van der Waals surface area contributed by atoms with Crippen molar-refractivity contribution in [1.29, 1.82) is 0 Å². The molecule has 1 saturated heterocycles. The van der Waals surface area contributed by atoms with E-state index in [2.05, 4.69) is 59.3 Å². The van der Waals surface area contributed by atoms with E-state index in [1.165, 1.54) is 0 Å². The van der Waals surface area contributed by atoms with E-state index in [4.69, 9.17) is 9.84 Å². The average molecular weight is 601 g/mol. The molecule has 1 fully saturated rings. The lowest BCUT2D eigenvalue weighted by atomic mass is 10.1. The maximum Gasteiger partial charge on any atom is 0.274 e. The number of nitrogens with zero attached hydrogens (tertiary/aromatic N) is 7. The molecule has 4 heterocycles. The molecule has 0 radical (unpaired) electrons. The van der Waals surface area contributed by atoms with Crippen molar-refractivity contribution in [3.63, 3.8) is 0 Å². The van der Waals surface area contributed by atoms with Gasteiger partial charge in [0.1, 0.15) is 23.7 Å². The number of rotatable bonds is 12. The summed E-state index contributed by atoms with van der Waals surface area (Å²) in [6, 6.07) is 10.6. The summed E-state index contributed by atoms with van der Waals surface area (Å²) in [4.78, 5) is 25.0. The molecule has 0 unspecified atom stereocenters. The average Bonchev–Trinajstić information content (AvgIpc) is 3.57. The number of nitrogens with one attached hydrogen (secondary N) is 1. The number of carbonyl (C=O) groups is 1. The number of anilines is 1. The van der Waals surface area contributed by atoms with Crippen LogP contribution in [0.15, 0.2) is 67.2 Å². The van der Waals surface area contributed by atoms with E-state index in [-0.39, 0.29) is 7.33 Å². The van der Waals surface area contributed by atoms with E-state index in [0.29, 0.717) is 42.3 Å². The van der Waals surface area contributed by atoms with Crippen LogP contribution in [0.3, 0.4) is 0 Å². The summed E-state index contributed by atoms with van der Waals surface area (Å²) in [5, 5.41) is 8.77. The minimum absolute atomic E-state index is 0. The molecule has 0 bridgehead atoms. The molecule has 4 aromatic rings. The summed E-state index contributed by atoms with van der Waals surface area (Å²) < 4.78 is 9.77. The predicted molar refractivity (Wildman–Crippen MR) is 180 cm³/mol. The number of ether oxygens (including phenoxy) is 1. The van der Waals surface area contributed by atoms with Crippen LogP contribution >= 0.6 is 0 Å². The van der Waals surface area contributed by atoms with E-state index < -0.39 is 0 Å². The molecule has 1 aliphatic heterocycles. The van der Waals surface area contributed by atoms with Crippen LogP contribution in [0.25, 0.3) is 16.6 Å². The number of carbonyl (C=O) groups excluding carboxylic acids is 1. The van der Waals surface area contributed by atoms with Crippen molar-refractivity contribution < 1.29 is 11.0 Å². The number of allylic oxidation sites excluding steroid dienone is 2. The highest BCUT2D eigenvalue weighted by Crippen LogP contribution is 2.28. The molecule has 5 rings (SSSR count). The molecule has 1 N–H and O–H groups in total. The van der Waals surface area contributed by atoms with Gasteiger partial charge in [-0.05, 0) is 70.7 Å². The van der Waals surface area contributed by atoms with E-state index in [1.54, 1.807) is 10.6 Å². The fraction of sp³-hybridized carbons (Fsp3) is 0.441. The molecule has 236 valence electrons. The third-order valence-electron chi connectivity index (χ3n) is 8.44. The zero-order chi connectivity index (χ0) is 31.4. The van der Waals surface area contributed by atoms with Crippen LogP contribution in [0.4, 0.5) is 5.69 Å². The Morgan fingerprint density at radius 2 is 1.95 bits per heavy atom. The Morgan fingerprint density at radius 3 is 2.68 bits per heavy atom. The minimum Gasteiger partial charge on any atom is -0.492 e. The Bertz CT molecular complexity index is 1650. The molecule has 44 heavy (non-hydrogen) atoms. The first-order valence-electron chi connectivity index (χ1n) is 15.5. The Hall–Kier alpha value is -4.15. The first kappa shape index (κ1) is 31.3. The quantitative estimate of drug-likeness (QED) is 0.221. The van der Waals surface area contributed by atoms with E-state index in [0.717, 1.165) is 60.6 Å². The van der Waals surface area contributed by atoms with Gasteiger partial charge < -0.3 is 15.0 Å². The van der Waals surface area contributed by atoms with Crippen molar-refractivity contribution in [2.24, 2.45) is 0 Å². The van der Waals surface area contributed by atoms with E-state index in [9.17, 15) is 4.79 Å². The Labute approximate surface area is 262 Å². The second kappa shape index (κ2) is 13.7. The van der Waals surface area contributed by atoms with Crippen LogP contribution in [0.5, 0.6) is 5.75 Å². The van der Waals surface area contributed by atoms with Gasteiger partial charge in [0, 0.05) is 70.9 Å². The number of hydrogen-bond donors (Lipinski definition) is 1.